The molecule has 6 heteroatoms. The van der Waals surface area contributed by atoms with Crippen LogP contribution in [0.5, 0.6) is 5.75 Å². The number of hydrogen-bond donors (Lipinski definition) is 1. The molecule has 2 saturated carbocycles. The summed E-state index contributed by atoms with van der Waals surface area (Å²) in [4.78, 5) is 16.7. The summed E-state index contributed by atoms with van der Waals surface area (Å²) in [6.07, 6.45) is 6.72. The molecule has 0 radical (unpaired) electrons. The number of ether oxygens (including phenoxy) is 1. The lowest BCUT2D eigenvalue weighted by Gasteiger charge is -2.26. The van der Waals surface area contributed by atoms with Crippen molar-refractivity contribution in [2.45, 2.75) is 62.3 Å². The first-order valence-corrected chi connectivity index (χ1v) is 9.59. The molecule has 1 N–H and O–H groups in total. The Morgan fingerprint density at radius 3 is 3.00 bits per heavy atom. The van der Waals surface area contributed by atoms with Crippen LogP contribution in [-0.4, -0.2) is 28.7 Å². The van der Waals surface area contributed by atoms with Gasteiger partial charge in [0.25, 0.3) is 0 Å². The quantitative estimate of drug-likeness (QED) is 0.914. The maximum absolute atomic E-state index is 12.2. The molecule has 26 heavy (non-hydrogen) atoms. The topological polar surface area (TPSA) is 77.2 Å². The lowest BCUT2D eigenvalue weighted by atomic mass is 9.87. The number of carbonyl (C=O) groups excluding carboxylic acids is 1. The van der Waals surface area contributed by atoms with Crippen LogP contribution in [-0.2, 0) is 16.6 Å². The molecule has 1 aliphatic heterocycles. The summed E-state index contributed by atoms with van der Waals surface area (Å²) in [5, 5.41) is 7.12. The maximum atomic E-state index is 12.2. The number of benzene rings is 1. The second-order valence-corrected chi connectivity index (χ2v) is 7.78. The highest BCUT2D eigenvalue weighted by molar-refractivity contribution is 5.78. The minimum absolute atomic E-state index is 0.00817. The van der Waals surface area contributed by atoms with E-state index in [9.17, 15) is 4.79 Å². The van der Waals surface area contributed by atoms with E-state index in [0.717, 1.165) is 38.0 Å². The van der Waals surface area contributed by atoms with Crippen LogP contribution in [0.1, 0.15) is 61.7 Å². The highest BCUT2D eigenvalue weighted by Crippen LogP contribution is 2.65. The third kappa shape index (κ3) is 2.68. The number of aromatic nitrogens is 2. The highest BCUT2D eigenvalue weighted by Gasteiger charge is 2.60. The smallest absolute Gasteiger partial charge is 0.230 e. The molecular formula is C20H23N3O3. The molecule has 0 bridgehead atoms. The molecule has 6 nitrogen and oxygen atoms in total. The van der Waals surface area contributed by atoms with Crippen LogP contribution in [0.3, 0.4) is 0 Å². The van der Waals surface area contributed by atoms with E-state index in [0.29, 0.717) is 17.8 Å². The average molecular weight is 353 g/mol. The van der Waals surface area contributed by atoms with Gasteiger partial charge in [0.05, 0.1) is 13.0 Å². The van der Waals surface area contributed by atoms with Gasteiger partial charge in [-0.15, -0.1) is 0 Å². The van der Waals surface area contributed by atoms with Gasteiger partial charge < -0.3 is 14.6 Å². The average Bonchev–Trinajstić information content (AvgIpc) is 3.01. The van der Waals surface area contributed by atoms with E-state index < -0.39 is 0 Å². The van der Waals surface area contributed by atoms with Crippen molar-refractivity contribution in [3.63, 3.8) is 0 Å². The van der Waals surface area contributed by atoms with Gasteiger partial charge in [0, 0.05) is 22.9 Å². The Balaban J connectivity index is 1.28. The zero-order valence-electron chi connectivity index (χ0n) is 14.7. The molecule has 136 valence electrons. The summed E-state index contributed by atoms with van der Waals surface area (Å²) in [7, 11) is 0. The van der Waals surface area contributed by atoms with Gasteiger partial charge in [-0.05, 0) is 31.7 Å². The highest BCUT2D eigenvalue weighted by atomic mass is 16.5. The fraction of sp³-hybridized carbons (Fsp3) is 0.550. The monoisotopic (exact) mass is 353 g/mol. The number of amides is 1. The van der Waals surface area contributed by atoms with Crippen LogP contribution in [0.25, 0.3) is 0 Å². The molecule has 2 unspecified atom stereocenters. The Hall–Kier alpha value is -2.37. The maximum Gasteiger partial charge on any atom is 0.230 e. The van der Waals surface area contributed by atoms with E-state index >= 15 is 0 Å². The SMILES string of the molecule is O=C(Cc1noc(C2CC23CCOc2ccccc23)n1)NC1CCCC1. The van der Waals surface area contributed by atoms with E-state index in [1.807, 2.05) is 12.1 Å². The molecule has 1 aromatic carbocycles. The van der Waals surface area contributed by atoms with Gasteiger partial charge in [-0.25, -0.2) is 0 Å². The van der Waals surface area contributed by atoms with Gasteiger partial charge in [0.1, 0.15) is 5.75 Å². The third-order valence-corrected chi connectivity index (χ3v) is 6.13. The van der Waals surface area contributed by atoms with Gasteiger partial charge in [-0.1, -0.05) is 36.2 Å². The third-order valence-electron chi connectivity index (χ3n) is 6.13. The first kappa shape index (κ1) is 15.9. The lowest BCUT2D eigenvalue weighted by Crippen LogP contribution is -2.33. The first-order chi connectivity index (χ1) is 12.7. The summed E-state index contributed by atoms with van der Waals surface area (Å²) < 4.78 is 11.3. The number of hydrogen-bond acceptors (Lipinski definition) is 5. The van der Waals surface area contributed by atoms with Crippen LogP contribution in [0.4, 0.5) is 0 Å². The molecule has 2 fully saturated rings. The van der Waals surface area contributed by atoms with Crippen molar-refractivity contribution in [1.29, 1.82) is 0 Å². The largest absolute Gasteiger partial charge is 0.493 e. The zero-order valence-corrected chi connectivity index (χ0v) is 14.7. The molecule has 3 aliphatic rings. The molecule has 5 rings (SSSR count). The van der Waals surface area contributed by atoms with E-state index in [-0.39, 0.29) is 23.7 Å². The van der Waals surface area contributed by atoms with Crippen LogP contribution in [0, 0.1) is 0 Å². The molecule has 2 heterocycles. The number of fused-ring (bicyclic) bond motifs is 2. The van der Waals surface area contributed by atoms with Crippen molar-refractivity contribution in [3.05, 3.63) is 41.5 Å². The second kappa shape index (κ2) is 6.11. The number of rotatable bonds is 4. The number of nitrogens with one attached hydrogen (secondary N) is 1. The fourth-order valence-corrected chi connectivity index (χ4v) is 4.66. The minimum atomic E-state index is -0.00817. The van der Waals surface area contributed by atoms with E-state index in [4.69, 9.17) is 9.26 Å². The van der Waals surface area contributed by atoms with Gasteiger partial charge in [0.2, 0.25) is 11.8 Å². The first-order valence-electron chi connectivity index (χ1n) is 9.59. The van der Waals surface area contributed by atoms with Gasteiger partial charge in [-0.2, -0.15) is 4.98 Å². The number of carbonyl (C=O) groups is 1. The Bertz CT molecular complexity index is 827. The van der Waals surface area contributed by atoms with E-state index in [1.165, 1.54) is 18.4 Å². The van der Waals surface area contributed by atoms with Gasteiger partial charge >= 0.3 is 0 Å². The summed E-state index contributed by atoms with van der Waals surface area (Å²) in [5.74, 6) is 2.33. The summed E-state index contributed by atoms with van der Waals surface area (Å²) >= 11 is 0. The van der Waals surface area contributed by atoms with Crippen molar-refractivity contribution < 1.29 is 14.1 Å². The molecule has 1 amide bonds. The number of para-hydroxylation sites is 1. The molecule has 2 aromatic rings. The summed E-state index contributed by atoms with van der Waals surface area (Å²) in [5.41, 5.74) is 1.31. The summed E-state index contributed by atoms with van der Waals surface area (Å²) in [6, 6.07) is 8.54. The van der Waals surface area contributed by atoms with Crippen molar-refractivity contribution in [1.82, 2.24) is 15.5 Å². The van der Waals surface area contributed by atoms with Crippen LogP contribution < -0.4 is 10.1 Å². The van der Waals surface area contributed by atoms with Crippen molar-refractivity contribution in [2.24, 2.45) is 0 Å². The van der Waals surface area contributed by atoms with Crippen LogP contribution in [0.15, 0.2) is 28.8 Å². The Morgan fingerprint density at radius 2 is 2.12 bits per heavy atom. The Kier molecular flexibility index (Phi) is 3.72. The Labute approximate surface area is 152 Å². The fourth-order valence-electron chi connectivity index (χ4n) is 4.66. The second-order valence-electron chi connectivity index (χ2n) is 7.78. The standard InChI is InChI=1S/C20H23N3O3/c24-18(21-13-5-1-2-6-13)11-17-22-19(26-23-17)15-12-20(15)9-10-25-16-8-4-3-7-14(16)20/h3-4,7-8,13,15H,1-2,5-6,9-12H2,(H,21,24). The van der Waals surface area contributed by atoms with Crippen LogP contribution in [0.2, 0.25) is 0 Å². The van der Waals surface area contributed by atoms with Crippen LogP contribution >= 0.6 is 0 Å². The predicted molar refractivity (Wildman–Crippen MR) is 94.0 cm³/mol. The molecule has 1 aromatic heterocycles. The van der Waals surface area contributed by atoms with Crippen molar-refractivity contribution in [3.8, 4) is 5.75 Å². The van der Waals surface area contributed by atoms with Gasteiger partial charge in [-0.3, -0.25) is 4.79 Å². The molecule has 2 aliphatic carbocycles. The Morgan fingerprint density at radius 1 is 1.27 bits per heavy atom. The van der Waals surface area contributed by atoms with E-state index in [1.54, 1.807) is 0 Å². The molecule has 2 atom stereocenters. The zero-order chi connectivity index (χ0) is 17.6. The molecule has 0 saturated heterocycles. The van der Waals surface area contributed by atoms with Gasteiger partial charge in [0.15, 0.2) is 5.82 Å². The van der Waals surface area contributed by atoms with E-state index in [2.05, 4.69) is 27.6 Å². The molecule has 1 spiro atoms. The van der Waals surface area contributed by atoms with Crippen molar-refractivity contribution >= 4 is 5.91 Å². The normalized spacial score (nSPS) is 27.2. The number of nitrogens with zero attached hydrogens (tertiary/aromatic N) is 2. The van der Waals surface area contributed by atoms with Crippen molar-refractivity contribution in [2.75, 3.05) is 6.61 Å². The minimum Gasteiger partial charge on any atom is -0.493 e. The summed E-state index contributed by atoms with van der Waals surface area (Å²) in [6.45, 7) is 0.721. The predicted octanol–water partition coefficient (Wildman–Crippen LogP) is 2.88. The lowest BCUT2D eigenvalue weighted by molar-refractivity contribution is -0.121. The molecular weight excluding hydrogens is 330 g/mol.